The van der Waals surface area contributed by atoms with Gasteiger partial charge in [0.2, 0.25) is 0 Å². The van der Waals surface area contributed by atoms with Gasteiger partial charge >= 0.3 is 11.9 Å². The van der Waals surface area contributed by atoms with Gasteiger partial charge in [0.15, 0.2) is 0 Å². The van der Waals surface area contributed by atoms with Crippen molar-refractivity contribution in [3.05, 3.63) is 143 Å². The molecular weight excluding hydrogens is 496 g/mol. The molecule has 4 heteroatoms. The number of carbonyl (C=O) groups excluding carboxylic acids is 2. The van der Waals surface area contributed by atoms with Crippen LogP contribution in [0.2, 0.25) is 0 Å². The lowest BCUT2D eigenvalue weighted by Gasteiger charge is -1.98. The van der Waals surface area contributed by atoms with E-state index in [2.05, 4.69) is 60.6 Å². The molecule has 0 heterocycles. The molecule has 0 aromatic rings. The Hall–Kier alpha value is -4.18. The van der Waals surface area contributed by atoms with E-state index in [0.717, 1.165) is 33.4 Å². The Labute approximate surface area is 242 Å². The van der Waals surface area contributed by atoms with Crippen molar-refractivity contribution in [1.82, 2.24) is 0 Å². The van der Waals surface area contributed by atoms with Gasteiger partial charge in [-0.15, -0.1) is 0 Å². The fourth-order valence-corrected chi connectivity index (χ4v) is 2.86. The van der Waals surface area contributed by atoms with Crippen molar-refractivity contribution in [1.29, 1.82) is 0 Å². The number of ether oxygens (including phenoxy) is 2. The summed E-state index contributed by atoms with van der Waals surface area (Å²) in [5, 5.41) is 0. The Balaban J connectivity index is 4.75. The molecule has 0 unspecified atom stereocenters. The van der Waals surface area contributed by atoms with Crippen LogP contribution in [0.3, 0.4) is 0 Å². The molecule has 0 saturated heterocycles. The van der Waals surface area contributed by atoms with E-state index < -0.39 is 0 Å². The third-order valence-corrected chi connectivity index (χ3v) is 5.36. The van der Waals surface area contributed by atoms with Crippen LogP contribution in [-0.2, 0) is 19.1 Å². The fraction of sp³-hybridized carbons (Fsp3) is 0.278. The van der Waals surface area contributed by atoms with Gasteiger partial charge in [-0.3, -0.25) is 4.79 Å². The highest BCUT2D eigenvalue weighted by atomic mass is 16.5. The molecule has 0 aliphatic carbocycles. The lowest BCUT2D eigenvalue weighted by Crippen LogP contribution is -1.99. The Morgan fingerprint density at radius 3 is 1.23 bits per heavy atom. The Morgan fingerprint density at radius 1 is 0.450 bits per heavy atom. The first-order chi connectivity index (χ1) is 19.1. The van der Waals surface area contributed by atoms with Gasteiger partial charge in [0, 0.05) is 12.5 Å². The van der Waals surface area contributed by atoms with Gasteiger partial charge in [0.05, 0.1) is 14.2 Å². The second-order valence-corrected chi connectivity index (χ2v) is 9.32. The Bertz CT molecular complexity index is 1180. The summed E-state index contributed by atoms with van der Waals surface area (Å²) in [6.07, 6.45) is 36.7. The summed E-state index contributed by atoms with van der Waals surface area (Å²) in [5.41, 5.74) is 6.66. The van der Waals surface area contributed by atoms with Crippen molar-refractivity contribution in [2.45, 2.75) is 54.4 Å². The average molecular weight is 543 g/mol. The summed E-state index contributed by atoms with van der Waals surface area (Å²) in [5.74, 6) is -0.547. The van der Waals surface area contributed by atoms with E-state index in [1.807, 2.05) is 87.6 Å². The summed E-state index contributed by atoms with van der Waals surface area (Å²) in [4.78, 5) is 22.3. The lowest BCUT2D eigenvalue weighted by molar-refractivity contribution is -0.140. The quantitative estimate of drug-likeness (QED) is 0.118. The summed E-state index contributed by atoms with van der Waals surface area (Å²) < 4.78 is 9.25. The number of esters is 2. The van der Waals surface area contributed by atoms with Crippen LogP contribution < -0.4 is 0 Å². The second kappa shape index (κ2) is 22.8. The van der Waals surface area contributed by atoms with Gasteiger partial charge in [-0.2, -0.15) is 0 Å². The third kappa shape index (κ3) is 21.9. The maximum atomic E-state index is 11.2. The number of methoxy groups -OCH3 is 2. The van der Waals surface area contributed by atoms with Gasteiger partial charge in [-0.1, -0.05) is 137 Å². The van der Waals surface area contributed by atoms with Crippen LogP contribution in [0.1, 0.15) is 54.4 Å². The maximum Gasteiger partial charge on any atom is 0.330 e. The molecule has 0 atom stereocenters. The molecule has 0 amide bonds. The van der Waals surface area contributed by atoms with Crippen LogP contribution in [0.4, 0.5) is 0 Å². The number of rotatable bonds is 15. The predicted molar refractivity (Wildman–Crippen MR) is 171 cm³/mol. The minimum atomic E-state index is -0.363. The average Bonchev–Trinajstić information content (AvgIpc) is 2.92. The molecule has 40 heavy (non-hydrogen) atoms. The van der Waals surface area contributed by atoms with E-state index >= 15 is 0 Å². The summed E-state index contributed by atoms with van der Waals surface area (Å²) in [6, 6.07) is 0. The molecule has 0 N–H and O–H groups in total. The monoisotopic (exact) mass is 542 g/mol. The molecule has 0 aromatic heterocycles. The maximum absolute atomic E-state index is 11.2. The van der Waals surface area contributed by atoms with Gasteiger partial charge in [0.1, 0.15) is 0 Å². The lowest BCUT2D eigenvalue weighted by atomic mass is 10.1. The van der Waals surface area contributed by atoms with Crippen LogP contribution in [0, 0.1) is 0 Å². The van der Waals surface area contributed by atoms with Crippen LogP contribution in [0.5, 0.6) is 0 Å². The normalized spacial score (nSPS) is 15.2. The van der Waals surface area contributed by atoms with E-state index in [1.165, 1.54) is 20.3 Å². The predicted octanol–water partition coefficient (Wildman–Crippen LogP) is 9.13. The first-order valence-electron chi connectivity index (χ1n) is 13.3. The SMILES string of the molecule is COC(=O)C=CC(C)=CC=CC(C)=CC=CC(C)=CC=CC=C(C)C=CC=C(C)C=CC=C(C)CCC(=O)OC. The zero-order chi connectivity index (χ0) is 30.2. The van der Waals surface area contributed by atoms with Crippen molar-refractivity contribution in [3.8, 4) is 0 Å². The highest BCUT2D eigenvalue weighted by molar-refractivity contribution is 5.82. The summed E-state index contributed by atoms with van der Waals surface area (Å²) in [6.45, 7) is 12.2. The Kier molecular flexibility index (Phi) is 20.4. The summed E-state index contributed by atoms with van der Waals surface area (Å²) >= 11 is 0. The molecule has 4 nitrogen and oxygen atoms in total. The zero-order valence-electron chi connectivity index (χ0n) is 25.4. The van der Waals surface area contributed by atoms with Gasteiger partial charge in [0.25, 0.3) is 0 Å². The molecule has 0 bridgehead atoms. The number of carbonyl (C=O) groups is 2. The molecule has 0 aliphatic rings. The molecular formula is C36H46O4. The van der Waals surface area contributed by atoms with Crippen molar-refractivity contribution in [3.63, 3.8) is 0 Å². The van der Waals surface area contributed by atoms with E-state index in [0.29, 0.717) is 12.8 Å². The summed E-state index contributed by atoms with van der Waals surface area (Å²) in [7, 11) is 2.77. The highest BCUT2D eigenvalue weighted by Crippen LogP contribution is 2.07. The van der Waals surface area contributed by atoms with Crippen LogP contribution >= 0.6 is 0 Å². The van der Waals surface area contributed by atoms with Crippen molar-refractivity contribution >= 4 is 11.9 Å². The number of allylic oxidation sites excluding steroid dienone is 23. The Morgan fingerprint density at radius 2 is 0.825 bits per heavy atom. The van der Waals surface area contributed by atoms with Crippen LogP contribution in [0.15, 0.2) is 143 Å². The molecule has 0 rings (SSSR count). The largest absolute Gasteiger partial charge is 0.469 e. The molecule has 0 fully saturated rings. The van der Waals surface area contributed by atoms with Crippen molar-refractivity contribution in [2.24, 2.45) is 0 Å². The molecule has 0 aliphatic heterocycles. The van der Waals surface area contributed by atoms with E-state index in [1.54, 1.807) is 6.08 Å². The van der Waals surface area contributed by atoms with Crippen molar-refractivity contribution in [2.75, 3.05) is 14.2 Å². The molecule has 0 spiro atoms. The van der Waals surface area contributed by atoms with Crippen molar-refractivity contribution < 1.29 is 19.1 Å². The molecule has 0 saturated carbocycles. The fourth-order valence-electron chi connectivity index (χ4n) is 2.86. The molecule has 214 valence electrons. The standard InChI is InChI=1S/C36H46O4/c1-29(17-11-19-31(3)21-13-23-33(5)25-27-35(37)39-7)15-9-10-16-30(2)18-12-20-32(4)22-14-24-34(6)26-28-36(38)40-8/h9-25,27H,26,28H2,1-8H3. The number of hydrogen-bond acceptors (Lipinski definition) is 4. The smallest absolute Gasteiger partial charge is 0.330 e. The molecule has 0 radical (unpaired) electrons. The van der Waals surface area contributed by atoms with Gasteiger partial charge in [-0.25, -0.2) is 4.79 Å². The number of hydrogen-bond donors (Lipinski definition) is 0. The topological polar surface area (TPSA) is 52.6 Å². The van der Waals surface area contributed by atoms with Gasteiger partial charge in [-0.05, 0) is 48.0 Å². The minimum absolute atomic E-state index is 0.184. The third-order valence-electron chi connectivity index (χ3n) is 5.36. The van der Waals surface area contributed by atoms with E-state index in [9.17, 15) is 9.59 Å². The zero-order valence-corrected chi connectivity index (χ0v) is 25.4. The first-order valence-corrected chi connectivity index (χ1v) is 13.3. The van der Waals surface area contributed by atoms with Gasteiger partial charge < -0.3 is 9.47 Å². The van der Waals surface area contributed by atoms with Crippen LogP contribution in [0.25, 0.3) is 0 Å². The molecule has 0 aromatic carbocycles. The van der Waals surface area contributed by atoms with Crippen LogP contribution in [-0.4, -0.2) is 26.2 Å². The highest BCUT2D eigenvalue weighted by Gasteiger charge is 1.99. The first kappa shape index (κ1) is 35.8. The second-order valence-electron chi connectivity index (χ2n) is 9.32. The van der Waals surface area contributed by atoms with E-state index in [-0.39, 0.29) is 11.9 Å². The minimum Gasteiger partial charge on any atom is -0.469 e. The van der Waals surface area contributed by atoms with E-state index in [4.69, 9.17) is 0 Å².